The molecule has 1 saturated heterocycles. The summed E-state index contributed by atoms with van der Waals surface area (Å²) in [5.74, 6) is 0.594. The summed E-state index contributed by atoms with van der Waals surface area (Å²) < 4.78 is 77.3. The van der Waals surface area contributed by atoms with Crippen molar-refractivity contribution in [3.8, 4) is 22.8 Å². The van der Waals surface area contributed by atoms with E-state index >= 15 is 0 Å². The summed E-state index contributed by atoms with van der Waals surface area (Å²) in [5, 5.41) is 12.0. The molecule has 2 aliphatic rings. The third-order valence-corrected chi connectivity index (χ3v) is 10.9. The molecule has 5 rings (SSSR count). The van der Waals surface area contributed by atoms with Crippen molar-refractivity contribution in [2.45, 2.75) is 55.6 Å². The summed E-state index contributed by atoms with van der Waals surface area (Å²) in [6.07, 6.45) is -1.75. The zero-order valence-corrected chi connectivity index (χ0v) is 25.9. The number of alkyl halides is 3. The first kappa shape index (κ1) is 32.3. The minimum Gasteiger partial charge on any atom is -0.406 e. The van der Waals surface area contributed by atoms with Crippen LogP contribution in [0, 0.1) is 11.8 Å². The number of nitrogens with zero attached hydrogens (tertiary/aromatic N) is 4. The van der Waals surface area contributed by atoms with E-state index in [0.717, 1.165) is 31.0 Å². The van der Waals surface area contributed by atoms with Crippen molar-refractivity contribution >= 4 is 27.7 Å². The fourth-order valence-corrected chi connectivity index (χ4v) is 7.69. The van der Waals surface area contributed by atoms with E-state index in [1.165, 1.54) is 40.7 Å². The molecule has 15 heteroatoms. The number of amides is 1. The quantitative estimate of drug-likeness (QED) is 0.325. The Morgan fingerprint density at radius 1 is 1.09 bits per heavy atom. The largest absolute Gasteiger partial charge is 0.573 e. The van der Waals surface area contributed by atoms with E-state index in [-0.39, 0.29) is 41.5 Å². The van der Waals surface area contributed by atoms with E-state index in [1.807, 2.05) is 0 Å². The summed E-state index contributed by atoms with van der Waals surface area (Å²) in [6, 6.07) is 11.5. The first-order valence-corrected chi connectivity index (χ1v) is 16.8. The van der Waals surface area contributed by atoms with Crippen LogP contribution in [0.3, 0.4) is 0 Å². The van der Waals surface area contributed by atoms with Crippen molar-refractivity contribution in [1.82, 2.24) is 24.4 Å². The van der Waals surface area contributed by atoms with Gasteiger partial charge in [-0.3, -0.25) is 9.36 Å². The van der Waals surface area contributed by atoms with Gasteiger partial charge in [-0.1, -0.05) is 50.6 Å². The van der Waals surface area contributed by atoms with Crippen LogP contribution in [0.15, 0.2) is 58.6 Å². The van der Waals surface area contributed by atoms with Crippen molar-refractivity contribution in [2.75, 3.05) is 32.1 Å². The predicted octanol–water partition coefficient (Wildman–Crippen LogP) is 4.89. The average molecular weight is 654 g/mol. The van der Waals surface area contributed by atoms with Gasteiger partial charge in [0.05, 0.1) is 23.9 Å². The second kappa shape index (κ2) is 13.5. The predicted molar refractivity (Wildman–Crippen MR) is 158 cm³/mol. The van der Waals surface area contributed by atoms with Crippen LogP contribution in [0.25, 0.3) is 17.1 Å². The van der Waals surface area contributed by atoms with Crippen molar-refractivity contribution in [3.05, 3.63) is 48.5 Å². The Kier molecular flexibility index (Phi) is 9.87. The molecule has 1 aliphatic carbocycles. The fourth-order valence-electron chi connectivity index (χ4n) is 5.48. The third kappa shape index (κ3) is 7.56. The molecular formula is C29H34F3N5O5S2. The number of halogens is 3. The van der Waals surface area contributed by atoms with Gasteiger partial charge < -0.3 is 14.8 Å². The van der Waals surface area contributed by atoms with E-state index in [2.05, 4.69) is 34.1 Å². The van der Waals surface area contributed by atoms with Crippen molar-refractivity contribution < 1.29 is 35.9 Å². The number of ether oxygens (including phenoxy) is 2. The molecule has 0 unspecified atom stereocenters. The number of rotatable bonds is 9. The van der Waals surface area contributed by atoms with Gasteiger partial charge in [-0.15, -0.1) is 23.4 Å². The third-order valence-electron chi connectivity index (χ3n) is 8.05. The molecular weight excluding hydrogens is 619 g/mol. The van der Waals surface area contributed by atoms with Crippen LogP contribution in [0.4, 0.5) is 13.2 Å². The Hall–Kier alpha value is -3.14. The molecule has 1 N–H and O–H groups in total. The summed E-state index contributed by atoms with van der Waals surface area (Å²) in [4.78, 5) is 13.0. The van der Waals surface area contributed by atoms with E-state index in [9.17, 15) is 26.4 Å². The summed E-state index contributed by atoms with van der Waals surface area (Å²) >= 11 is 1.13. The molecule has 44 heavy (non-hydrogen) atoms. The maximum absolute atomic E-state index is 13.3. The molecule has 1 amide bonds. The molecule has 238 valence electrons. The summed E-state index contributed by atoms with van der Waals surface area (Å²) in [7, 11) is -3.82. The van der Waals surface area contributed by atoms with Crippen LogP contribution in [0.1, 0.15) is 33.1 Å². The normalized spacial score (nSPS) is 21.6. The van der Waals surface area contributed by atoms with E-state index in [0.29, 0.717) is 41.5 Å². The number of sulfonamides is 1. The van der Waals surface area contributed by atoms with Gasteiger partial charge in [0.25, 0.3) is 0 Å². The van der Waals surface area contributed by atoms with E-state index in [4.69, 9.17) is 4.74 Å². The number of nitrogens with one attached hydrogen (secondary N) is 1. The van der Waals surface area contributed by atoms with Crippen LogP contribution in [0.2, 0.25) is 0 Å². The highest BCUT2D eigenvalue weighted by Gasteiger charge is 2.32. The minimum absolute atomic E-state index is 0.0381. The molecule has 3 aromatic rings. The monoisotopic (exact) mass is 653 g/mol. The standard InChI is InChI=1S/C29H34F3N5O5S2/c1-19-5-3-8-25(20(19)2)33-26(38)18-43-28-35-34-27(37(28)22-9-11-23(12-10-22)42-29(30,31)32)21-6-4-7-24(17-21)44(39,40)36-13-15-41-16-14-36/h4,6-7,9-12,17,19-20,25H,3,5,8,13-16,18H2,1-2H3,(H,33,38)/t19-,20-,25-/m1/s1. The van der Waals surface area contributed by atoms with Crippen molar-refractivity contribution in [2.24, 2.45) is 11.8 Å². The zero-order valence-electron chi connectivity index (χ0n) is 24.3. The number of carbonyl (C=O) groups is 1. The number of hydrogen-bond donors (Lipinski definition) is 1. The molecule has 0 bridgehead atoms. The number of morpholine rings is 1. The van der Waals surface area contributed by atoms with E-state index < -0.39 is 22.1 Å². The van der Waals surface area contributed by atoms with Gasteiger partial charge in [0.1, 0.15) is 5.75 Å². The molecule has 2 fully saturated rings. The van der Waals surface area contributed by atoms with Gasteiger partial charge in [-0.25, -0.2) is 8.42 Å². The molecule has 0 spiro atoms. The first-order chi connectivity index (χ1) is 20.9. The molecule has 1 aliphatic heterocycles. The lowest BCUT2D eigenvalue weighted by Crippen LogP contribution is -2.44. The molecule has 3 atom stereocenters. The Balaban J connectivity index is 1.44. The fraction of sp³-hybridized carbons (Fsp3) is 0.483. The number of aromatic nitrogens is 3. The molecule has 1 saturated carbocycles. The van der Waals surface area contributed by atoms with Crippen LogP contribution in [0.5, 0.6) is 5.75 Å². The van der Waals surface area contributed by atoms with Crippen LogP contribution < -0.4 is 10.1 Å². The van der Waals surface area contributed by atoms with Crippen molar-refractivity contribution in [1.29, 1.82) is 0 Å². The highest BCUT2D eigenvalue weighted by Crippen LogP contribution is 2.33. The topological polar surface area (TPSA) is 116 Å². The second-order valence-corrected chi connectivity index (χ2v) is 13.8. The lowest BCUT2D eigenvalue weighted by molar-refractivity contribution is -0.274. The van der Waals surface area contributed by atoms with Crippen LogP contribution in [-0.2, 0) is 19.6 Å². The Labute approximate surface area is 258 Å². The first-order valence-electron chi connectivity index (χ1n) is 14.3. The number of carbonyl (C=O) groups excluding carboxylic acids is 1. The number of hydrogen-bond acceptors (Lipinski definition) is 8. The minimum atomic E-state index is -4.85. The molecule has 0 radical (unpaired) electrons. The van der Waals surface area contributed by atoms with Gasteiger partial charge in [0.2, 0.25) is 15.9 Å². The van der Waals surface area contributed by atoms with Gasteiger partial charge in [-0.05, 0) is 54.7 Å². The van der Waals surface area contributed by atoms with Gasteiger partial charge in [0, 0.05) is 30.4 Å². The lowest BCUT2D eigenvalue weighted by atomic mass is 9.78. The second-order valence-electron chi connectivity index (χ2n) is 11.0. The molecule has 2 aromatic carbocycles. The smallest absolute Gasteiger partial charge is 0.406 e. The van der Waals surface area contributed by atoms with Gasteiger partial charge in [0.15, 0.2) is 11.0 Å². The lowest BCUT2D eigenvalue weighted by Gasteiger charge is -2.34. The van der Waals surface area contributed by atoms with E-state index in [1.54, 1.807) is 16.7 Å². The summed E-state index contributed by atoms with van der Waals surface area (Å²) in [6.45, 7) is 5.40. The molecule has 2 heterocycles. The molecule has 10 nitrogen and oxygen atoms in total. The summed E-state index contributed by atoms with van der Waals surface area (Å²) in [5.41, 5.74) is 0.822. The maximum Gasteiger partial charge on any atom is 0.573 e. The van der Waals surface area contributed by atoms with Crippen molar-refractivity contribution in [3.63, 3.8) is 0 Å². The Morgan fingerprint density at radius 3 is 2.52 bits per heavy atom. The highest BCUT2D eigenvalue weighted by molar-refractivity contribution is 7.99. The van der Waals surface area contributed by atoms with Crippen LogP contribution >= 0.6 is 11.8 Å². The SMILES string of the molecule is C[C@@H]1[C@H](C)CCC[C@H]1NC(=O)CSc1nnc(-c2cccc(S(=O)(=O)N3CCOCC3)c2)n1-c1ccc(OC(F)(F)F)cc1. The Morgan fingerprint density at radius 2 is 1.82 bits per heavy atom. The number of benzene rings is 2. The highest BCUT2D eigenvalue weighted by atomic mass is 32.2. The molecule has 1 aromatic heterocycles. The average Bonchev–Trinajstić information content (AvgIpc) is 3.42. The Bertz CT molecular complexity index is 1560. The zero-order chi connectivity index (χ0) is 31.5. The van der Waals surface area contributed by atoms with Gasteiger partial charge in [-0.2, -0.15) is 4.31 Å². The maximum atomic E-state index is 13.3. The van der Waals surface area contributed by atoms with Gasteiger partial charge >= 0.3 is 6.36 Å². The van der Waals surface area contributed by atoms with Crippen LogP contribution in [-0.4, -0.2) is 77.9 Å². The number of thioether (sulfide) groups is 1.